The Morgan fingerprint density at radius 3 is 2.38 bits per heavy atom. The summed E-state index contributed by atoms with van der Waals surface area (Å²) in [4.78, 5) is 5.09. The molecule has 1 aromatic heterocycles. The van der Waals surface area contributed by atoms with Crippen molar-refractivity contribution in [1.82, 2.24) is 14.7 Å². The van der Waals surface area contributed by atoms with Gasteiger partial charge < -0.3 is 9.38 Å². The highest BCUT2D eigenvalue weighted by molar-refractivity contribution is 5.52. The first-order valence-corrected chi connectivity index (χ1v) is 10.8. The summed E-state index contributed by atoms with van der Waals surface area (Å²) in [6.45, 7) is 13.6. The highest BCUT2D eigenvalue weighted by Crippen LogP contribution is 2.23. The molecule has 0 radical (unpaired) electrons. The van der Waals surface area contributed by atoms with Crippen molar-refractivity contribution >= 4 is 17.3 Å². The SMILES string of the molecule is CCN(CCC[N+]12CCN(CC1)CC2)c1ccc(N=Nc2n(C)nc[n+]2C)cc1. The van der Waals surface area contributed by atoms with E-state index in [-0.39, 0.29) is 0 Å². The van der Waals surface area contributed by atoms with Crippen molar-refractivity contribution < 1.29 is 9.05 Å². The van der Waals surface area contributed by atoms with Crippen molar-refractivity contribution in [2.24, 2.45) is 24.3 Å². The zero-order valence-electron chi connectivity index (χ0n) is 18.0. The van der Waals surface area contributed by atoms with E-state index in [0.717, 1.165) is 24.7 Å². The van der Waals surface area contributed by atoms with Crippen molar-refractivity contribution in [3.8, 4) is 0 Å². The molecule has 29 heavy (non-hydrogen) atoms. The third kappa shape index (κ3) is 4.48. The molecule has 3 aliphatic heterocycles. The molecule has 0 spiro atoms. The summed E-state index contributed by atoms with van der Waals surface area (Å²) in [5.41, 5.74) is 2.12. The topological polar surface area (TPSA) is 52.9 Å². The molecule has 0 amide bonds. The van der Waals surface area contributed by atoms with Crippen molar-refractivity contribution in [1.29, 1.82) is 0 Å². The van der Waals surface area contributed by atoms with Gasteiger partial charge in [0, 0.05) is 49.9 Å². The summed E-state index contributed by atoms with van der Waals surface area (Å²) in [5.74, 6) is 0.718. The number of benzene rings is 1. The van der Waals surface area contributed by atoms with Gasteiger partial charge in [-0.05, 0) is 36.3 Å². The minimum absolute atomic E-state index is 0.718. The van der Waals surface area contributed by atoms with Gasteiger partial charge in [0.25, 0.3) is 0 Å². The van der Waals surface area contributed by atoms with Gasteiger partial charge in [-0.3, -0.25) is 4.90 Å². The van der Waals surface area contributed by atoms with Gasteiger partial charge in [0.1, 0.15) is 0 Å². The summed E-state index contributed by atoms with van der Waals surface area (Å²) in [5, 5.41) is 12.9. The first-order valence-electron chi connectivity index (χ1n) is 10.8. The van der Waals surface area contributed by atoms with Gasteiger partial charge in [-0.2, -0.15) is 0 Å². The number of aromatic nitrogens is 3. The second kappa shape index (κ2) is 8.59. The molecule has 2 aromatic rings. The smallest absolute Gasteiger partial charge is 0.372 e. The maximum Gasteiger partial charge on any atom is 0.403 e. The lowest BCUT2D eigenvalue weighted by atomic mass is 10.1. The minimum atomic E-state index is 0.718. The number of anilines is 1. The predicted octanol–water partition coefficient (Wildman–Crippen LogP) is 2.02. The summed E-state index contributed by atoms with van der Waals surface area (Å²) in [6, 6.07) is 8.41. The van der Waals surface area contributed by atoms with E-state index in [1.54, 1.807) is 11.0 Å². The van der Waals surface area contributed by atoms with E-state index in [2.05, 4.69) is 44.2 Å². The van der Waals surface area contributed by atoms with E-state index in [9.17, 15) is 0 Å². The van der Waals surface area contributed by atoms with Crippen molar-refractivity contribution in [2.75, 3.05) is 63.8 Å². The molecule has 0 unspecified atom stereocenters. The van der Waals surface area contributed by atoms with Crippen LogP contribution in [0.4, 0.5) is 17.3 Å². The fraction of sp³-hybridized carbons (Fsp3) is 0.619. The van der Waals surface area contributed by atoms with Crippen LogP contribution in [-0.2, 0) is 14.1 Å². The van der Waals surface area contributed by atoms with Gasteiger partial charge >= 0.3 is 5.95 Å². The molecule has 0 aliphatic carbocycles. The number of rotatable bonds is 8. The lowest BCUT2D eigenvalue weighted by molar-refractivity contribution is -0.941. The largest absolute Gasteiger partial charge is 0.403 e. The summed E-state index contributed by atoms with van der Waals surface area (Å²) in [7, 11) is 3.78. The average Bonchev–Trinajstić information content (AvgIpc) is 3.09. The zero-order valence-corrected chi connectivity index (χ0v) is 18.0. The van der Waals surface area contributed by atoms with Crippen LogP contribution in [-0.4, -0.2) is 78.1 Å². The molecule has 3 aliphatic rings. The van der Waals surface area contributed by atoms with Crippen LogP contribution in [0.15, 0.2) is 40.8 Å². The molecular formula is C21H34N8+2. The van der Waals surface area contributed by atoms with Gasteiger partial charge in [0.2, 0.25) is 6.33 Å². The third-order valence-electron chi connectivity index (χ3n) is 6.59. The lowest BCUT2D eigenvalue weighted by Gasteiger charge is -2.50. The van der Waals surface area contributed by atoms with E-state index in [1.165, 1.54) is 62.4 Å². The molecule has 8 nitrogen and oxygen atoms in total. The number of aryl methyl sites for hydroxylation is 2. The lowest BCUT2D eigenvalue weighted by Crippen LogP contribution is -2.67. The highest BCUT2D eigenvalue weighted by Gasteiger charge is 2.37. The Kier molecular flexibility index (Phi) is 5.91. The molecule has 0 atom stereocenters. The standard InChI is InChI=1S/C21H34N8/c1-4-28(10-5-14-29-15-11-27(12-16-29)13-17-29)20-8-6-19(7-9-20)23-24-21-25(2)18-22-26(21)3/h6-9,18H,4-5,10-17H2,1-3H3/q+2. The zero-order chi connectivity index (χ0) is 20.3. The number of azo groups is 1. The first-order chi connectivity index (χ1) is 14.1. The Morgan fingerprint density at radius 2 is 1.79 bits per heavy atom. The number of quaternary nitrogens is 1. The van der Waals surface area contributed by atoms with Gasteiger partial charge in [-0.1, -0.05) is 5.11 Å². The summed E-state index contributed by atoms with van der Waals surface area (Å²) >= 11 is 0. The Hall–Kier alpha value is -2.32. The maximum atomic E-state index is 4.36. The predicted molar refractivity (Wildman–Crippen MR) is 114 cm³/mol. The molecule has 4 heterocycles. The maximum absolute atomic E-state index is 4.36. The molecule has 1 aromatic carbocycles. The van der Waals surface area contributed by atoms with Crippen LogP contribution in [0.3, 0.4) is 0 Å². The van der Waals surface area contributed by atoms with Gasteiger partial charge in [0.05, 0.1) is 46.0 Å². The van der Waals surface area contributed by atoms with E-state index >= 15 is 0 Å². The quantitative estimate of drug-likeness (QED) is 0.388. The second-order valence-corrected chi connectivity index (χ2v) is 8.39. The van der Waals surface area contributed by atoms with Crippen molar-refractivity contribution in [3.05, 3.63) is 30.6 Å². The number of fused-ring (bicyclic) bond motifs is 3. The number of hydrogen-bond acceptors (Lipinski definition) is 5. The molecule has 3 fully saturated rings. The molecule has 2 bridgehead atoms. The summed E-state index contributed by atoms with van der Waals surface area (Å²) < 4.78 is 4.91. The first kappa shape index (κ1) is 20.0. The summed E-state index contributed by atoms with van der Waals surface area (Å²) in [6.07, 6.45) is 2.98. The third-order valence-corrected chi connectivity index (χ3v) is 6.59. The van der Waals surface area contributed by atoms with Gasteiger partial charge in [-0.25, -0.2) is 4.57 Å². The van der Waals surface area contributed by atoms with E-state index in [1.807, 2.05) is 30.8 Å². The van der Waals surface area contributed by atoms with Gasteiger partial charge in [0.15, 0.2) is 0 Å². The van der Waals surface area contributed by atoms with Gasteiger partial charge in [-0.15, -0.1) is 4.68 Å². The Bertz CT molecular complexity index is 800. The fourth-order valence-corrected chi connectivity index (χ4v) is 4.59. The molecule has 0 N–H and O–H groups in total. The van der Waals surface area contributed by atoms with Crippen LogP contribution in [0.5, 0.6) is 0 Å². The van der Waals surface area contributed by atoms with E-state index < -0.39 is 0 Å². The van der Waals surface area contributed by atoms with E-state index in [4.69, 9.17) is 0 Å². The Labute approximate surface area is 173 Å². The van der Waals surface area contributed by atoms with Crippen LogP contribution in [0.2, 0.25) is 0 Å². The minimum Gasteiger partial charge on any atom is -0.372 e. The highest BCUT2D eigenvalue weighted by atomic mass is 15.5. The monoisotopic (exact) mass is 398 g/mol. The van der Waals surface area contributed by atoms with Crippen LogP contribution < -0.4 is 9.47 Å². The molecule has 156 valence electrons. The fourth-order valence-electron chi connectivity index (χ4n) is 4.59. The molecule has 8 heteroatoms. The Balaban J connectivity index is 1.33. The normalized spacial score (nSPS) is 23.8. The molecule has 5 rings (SSSR count). The van der Waals surface area contributed by atoms with Crippen molar-refractivity contribution in [2.45, 2.75) is 13.3 Å². The second-order valence-electron chi connectivity index (χ2n) is 8.39. The number of nitrogens with zero attached hydrogens (tertiary/aromatic N) is 8. The van der Waals surface area contributed by atoms with Crippen LogP contribution in [0, 0.1) is 0 Å². The van der Waals surface area contributed by atoms with Crippen LogP contribution >= 0.6 is 0 Å². The van der Waals surface area contributed by atoms with Crippen LogP contribution in [0.1, 0.15) is 13.3 Å². The van der Waals surface area contributed by atoms with Crippen molar-refractivity contribution in [3.63, 3.8) is 0 Å². The Morgan fingerprint density at radius 1 is 1.10 bits per heavy atom. The number of hydrogen-bond donors (Lipinski definition) is 0. The average molecular weight is 399 g/mol. The molecule has 0 saturated carbocycles. The molecular weight excluding hydrogens is 364 g/mol. The van der Waals surface area contributed by atoms with E-state index in [0.29, 0.717) is 0 Å². The van der Waals surface area contributed by atoms with Crippen LogP contribution in [0.25, 0.3) is 0 Å². The molecule has 3 saturated heterocycles. The number of piperazine rings is 3.